The number of hydrogen-bond acceptors (Lipinski definition) is 0. The lowest BCUT2D eigenvalue weighted by atomic mass is 9.65. The number of rotatable bonds is 1. The van der Waals surface area contributed by atoms with Crippen LogP contribution in [0.25, 0.3) is 0 Å². The summed E-state index contributed by atoms with van der Waals surface area (Å²) in [6.45, 7) is 4.95. The van der Waals surface area contributed by atoms with Gasteiger partial charge in [-0.25, -0.2) is 0 Å². The van der Waals surface area contributed by atoms with Gasteiger partial charge < -0.3 is 0 Å². The Morgan fingerprint density at radius 2 is 1.06 bits per heavy atom. The highest BCUT2D eigenvalue weighted by molar-refractivity contribution is 9.09. The van der Waals surface area contributed by atoms with Gasteiger partial charge in [-0.15, -0.1) is 0 Å². The first kappa shape index (κ1) is 13.4. The molecule has 0 spiro atoms. The molecule has 2 fully saturated rings. The number of hydrogen-bond donors (Lipinski definition) is 0. The molecule has 2 saturated carbocycles. The molecular weight excluding hydrogens is 328 g/mol. The summed E-state index contributed by atoms with van der Waals surface area (Å²) in [4.78, 5) is 1.59. The van der Waals surface area contributed by atoms with Crippen LogP contribution in [0, 0.1) is 23.7 Å². The normalized spacial score (nSPS) is 50.2. The van der Waals surface area contributed by atoms with Crippen molar-refractivity contribution in [3.8, 4) is 0 Å². The summed E-state index contributed by atoms with van der Waals surface area (Å²) in [6, 6.07) is 0. The van der Waals surface area contributed by atoms with Crippen LogP contribution in [0.5, 0.6) is 0 Å². The van der Waals surface area contributed by atoms with Crippen molar-refractivity contribution in [2.24, 2.45) is 23.7 Å². The monoisotopic (exact) mass is 350 g/mol. The average Bonchev–Trinajstić information content (AvgIpc) is 2.19. The third kappa shape index (κ3) is 3.04. The summed E-state index contributed by atoms with van der Waals surface area (Å²) in [5.41, 5.74) is 0. The van der Waals surface area contributed by atoms with E-state index >= 15 is 0 Å². The molecular formula is C14H24Br2. The Morgan fingerprint density at radius 1 is 0.688 bits per heavy atom. The largest absolute Gasteiger partial charge is 0.0891 e. The van der Waals surface area contributed by atoms with Gasteiger partial charge in [0.25, 0.3) is 0 Å². The van der Waals surface area contributed by atoms with Gasteiger partial charge in [0.05, 0.1) is 0 Å². The van der Waals surface area contributed by atoms with Gasteiger partial charge in [0, 0.05) is 9.65 Å². The fraction of sp³-hybridized carbons (Fsp3) is 1.00. The van der Waals surface area contributed by atoms with Crippen LogP contribution >= 0.6 is 31.9 Å². The third-order valence-corrected chi connectivity index (χ3v) is 6.56. The van der Waals surface area contributed by atoms with Crippen LogP contribution < -0.4 is 0 Å². The minimum absolute atomic E-state index is 0.793. The lowest BCUT2D eigenvalue weighted by Gasteiger charge is -2.43. The van der Waals surface area contributed by atoms with E-state index in [4.69, 9.17) is 0 Å². The van der Waals surface area contributed by atoms with Crippen molar-refractivity contribution in [2.45, 2.75) is 62.0 Å². The second-order valence-corrected chi connectivity index (χ2v) is 8.69. The molecule has 0 N–H and O–H groups in total. The van der Waals surface area contributed by atoms with Crippen LogP contribution in [0.2, 0.25) is 0 Å². The van der Waals surface area contributed by atoms with Crippen molar-refractivity contribution in [2.75, 3.05) is 0 Å². The lowest BCUT2D eigenvalue weighted by Crippen LogP contribution is -2.35. The predicted octanol–water partition coefficient (Wildman–Crippen LogP) is 5.39. The lowest BCUT2D eigenvalue weighted by molar-refractivity contribution is 0.103. The van der Waals surface area contributed by atoms with E-state index in [1.807, 2.05) is 0 Å². The van der Waals surface area contributed by atoms with E-state index in [1.54, 1.807) is 0 Å². The van der Waals surface area contributed by atoms with E-state index in [2.05, 4.69) is 45.7 Å². The molecule has 2 aliphatic rings. The Bertz CT molecular complexity index is 205. The zero-order valence-electron chi connectivity index (χ0n) is 10.5. The molecule has 2 heteroatoms. The molecule has 0 aliphatic heterocycles. The second kappa shape index (κ2) is 5.73. The Labute approximate surface area is 117 Å². The van der Waals surface area contributed by atoms with Crippen molar-refractivity contribution in [3.63, 3.8) is 0 Å². The van der Waals surface area contributed by atoms with Gasteiger partial charge in [0.1, 0.15) is 0 Å². The van der Waals surface area contributed by atoms with Gasteiger partial charge in [-0.3, -0.25) is 0 Å². The molecule has 0 bridgehead atoms. The van der Waals surface area contributed by atoms with Crippen molar-refractivity contribution in [3.05, 3.63) is 0 Å². The molecule has 0 aromatic carbocycles. The van der Waals surface area contributed by atoms with Gasteiger partial charge in [0.15, 0.2) is 0 Å². The van der Waals surface area contributed by atoms with Gasteiger partial charge >= 0.3 is 0 Å². The first-order chi connectivity index (χ1) is 7.58. The highest BCUT2D eigenvalue weighted by Crippen LogP contribution is 2.46. The van der Waals surface area contributed by atoms with E-state index in [0.29, 0.717) is 0 Å². The maximum atomic E-state index is 3.80. The zero-order chi connectivity index (χ0) is 11.7. The van der Waals surface area contributed by atoms with Crippen LogP contribution in [0.15, 0.2) is 0 Å². The van der Waals surface area contributed by atoms with Gasteiger partial charge in [-0.05, 0) is 62.2 Å². The van der Waals surface area contributed by atoms with Crippen LogP contribution in [-0.2, 0) is 0 Å². The molecule has 6 atom stereocenters. The standard InChI is InChI=1S/C14H24Br2/c1-9-7-11(15)3-5-13(9)14-6-4-12(16)8-10(14)2/h9-14H,3-8H2,1-2H3. The molecule has 94 valence electrons. The average molecular weight is 352 g/mol. The first-order valence-electron chi connectivity index (χ1n) is 6.86. The smallest absolute Gasteiger partial charge is 0.0148 e. The fourth-order valence-corrected chi connectivity index (χ4v) is 5.69. The minimum atomic E-state index is 0.793. The maximum absolute atomic E-state index is 3.80. The fourth-order valence-electron chi connectivity index (χ4n) is 3.98. The molecule has 2 aliphatic carbocycles. The number of halogens is 2. The molecule has 0 aromatic heterocycles. The Morgan fingerprint density at radius 3 is 1.38 bits per heavy atom. The van der Waals surface area contributed by atoms with E-state index in [1.165, 1.54) is 38.5 Å². The van der Waals surface area contributed by atoms with Crippen LogP contribution in [0.4, 0.5) is 0 Å². The summed E-state index contributed by atoms with van der Waals surface area (Å²) < 4.78 is 0. The Hall–Kier alpha value is 0.960. The quantitative estimate of drug-likeness (QED) is 0.556. The molecule has 2 rings (SSSR count). The van der Waals surface area contributed by atoms with Crippen LogP contribution in [-0.4, -0.2) is 9.65 Å². The molecule has 0 radical (unpaired) electrons. The van der Waals surface area contributed by atoms with E-state index < -0.39 is 0 Å². The minimum Gasteiger partial charge on any atom is -0.0891 e. The summed E-state index contributed by atoms with van der Waals surface area (Å²) in [7, 11) is 0. The summed E-state index contributed by atoms with van der Waals surface area (Å²) >= 11 is 7.59. The highest BCUT2D eigenvalue weighted by atomic mass is 79.9. The topological polar surface area (TPSA) is 0 Å². The van der Waals surface area contributed by atoms with E-state index in [9.17, 15) is 0 Å². The summed E-state index contributed by atoms with van der Waals surface area (Å²) in [5, 5.41) is 0. The second-order valence-electron chi connectivity index (χ2n) is 6.10. The molecule has 16 heavy (non-hydrogen) atoms. The predicted molar refractivity (Wildman–Crippen MR) is 78.4 cm³/mol. The van der Waals surface area contributed by atoms with Gasteiger partial charge in [0.2, 0.25) is 0 Å². The Kier molecular flexibility index (Phi) is 4.80. The molecule has 0 aromatic rings. The van der Waals surface area contributed by atoms with Gasteiger partial charge in [-0.2, -0.15) is 0 Å². The summed E-state index contributed by atoms with van der Waals surface area (Å²) in [5.74, 6) is 3.86. The van der Waals surface area contributed by atoms with E-state index in [0.717, 1.165) is 33.3 Å². The van der Waals surface area contributed by atoms with E-state index in [-0.39, 0.29) is 0 Å². The van der Waals surface area contributed by atoms with Gasteiger partial charge in [-0.1, -0.05) is 45.7 Å². The van der Waals surface area contributed by atoms with Crippen molar-refractivity contribution < 1.29 is 0 Å². The molecule has 0 heterocycles. The van der Waals surface area contributed by atoms with Crippen molar-refractivity contribution in [1.82, 2.24) is 0 Å². The zero-order valence-corrected chi connectivity index (χ0v) is 13.6. The van der Waals surface area contributed by atoms with Crippen molar-refractivity contribution >= 4 is 31.9 Å². The summed E-state index contributed by atoms with van der Waals surface area (Å²) in [6.07, 6.45) is 8.50. The third-order valence-electron chi connectivity index (χ3n) is 4.89. The SMILES string of the molecule is CC1CC(Br)CCC1C1CCC(Br)CC1C. The number of alkyl halides is 2. The van der Waals surface area contributed by atoms with Crippen molar-refractivity contribution in [1.29, 1.82) is 0 Å². The van der Waals surface area contributed by atoms with Crippen LogP contribution in [0.3, 0.4) is 0 Å². The maximum Gasteiger partial charge on any atom is 0.0148 e. The van der Waals surface area contributed by atoms with Crippen LogP contribution in [0.1, 0.15) is 52.4 Å². The molecule has 0 nitrogen and oxygen atoms in total. The molecule has 0 amide bonds. The first-order valence-corrected chi connectivity index (χ1v) is 8.69. The Balaban J connectivity index is 1.96. The molecule has 6 unspecified atom stereocenters. The molecule has 0 saturated heterocycles. The highest BCUT2D eigenvalue weighted by Gasteiger charge is 2.37.